The van der Waals surface area contributed by atoms with E-state index < -0.39 is 10.2 Å². The van der Waals surface area contributed by atoms with Crippen LogP contribution in [0.5, 0.6) is 0 Å². The molecule has 0 aromatic heterocycles. The van der Waals surface area contributed by atoms with Crippen LogP contribution in [0.1, 0.15) is 19.8 Å². The minimum absolute atomic E-state index is 0.0324. The zero-order valence-corrected chi connectivity index (χ0v) is 9.55. The molecule has 0 bridgehead atoms. The molecule has 6 heteroatoms. The maximum atomic E-state index is 11.5. The third-order valence-corrected chi connectivity index (χ3v) is 4.19. The molecule has 1 aliphatic carbocycles. The molecule has 0 aromatic rings. The standard InChI is InChI=1S/C8H19N3O2S/c1-3-11(2)14(12,13)10-6-8(9)7-4-5-7/h7-8,10H,3-6,9H2,1-2H3. The van der Waals surface area contributed by atoms with Crippen molar-refractivity contribution in [3.05, 3.63) is 0 Å². The third-order valence-electron chi connectivity index (χ3n) is 2.58. The van der Waals surface area contributed by atoms with Gasteiger partial charge in [0.05, 0.1) is 0 Å². The second-order valence-corrected chi connectivity index (χ2v) is 5.63. The Morgan fingerprint density at radius 2 is 2.14 bits per heavy atom. The highest BCUT2D eigenvalue weighted by Gasteiger charge is 2.29. The maximum absolute atomic E-state index is 11.5. The van der Waals surface area contributed by atoms with E-state index in [9.17, 15) is 8.42 Å². The molecule has 5 nitrogen and oxygen atoms in total. The lowest BCUT2D eigenvalue weighted by atomic mass is 10.2. The van der Waals surface area contributed by atoms with E-state index in [-0.39, 0.29) is 6.04 Å². The fraction of sp³-hybridized carbons (Fsp3) is 1.00. The number of hydrogen-bond acceptors (Lipinski definition) is 3. The Balaban J connectivity index is 2.35. The summed E-state index contributed by atoms with van der Waals surface area (Å²) >= 11 is 0. The number of nitrogens with zero attached hydrogens (tertiary/aromatic N) is 1. The Morgan fingerprint density at radius 3 is 2.57 bits per heavy atom. The van der Waals surface area contributed by atoms with Gasteiger partial charge in [0.25, 0.3) is 10.2 Å². The molecule has 3 N–H and O–H groups in total. The minimum Gasteiger partial charge on any atom is -0.326 e. The summed E-state index contributed by atoms with van der Waals surface area (Å²) in [6, 6.07) is -0.0324. The number of nitrogens with two attached hydrogens (primary N) is 1. The molecule has 1 atom stereocenters. The lowest BCUT2D eigenvalue weighted by Gasteiger charge is -2.17. The second kappa shape index (κ2) is 4.57. The highest BCUT2D eigenvalue weighted by molar-refractivity contribution is 7.87. The first-order valence-corrected chi connectivity index (χ1v) is 6.38. The van der Waals surface area contributed by atoms with Crippen LogP contribution < -0.4 is 10.5 Å². The van der Waals surface area contributed by atoms with Gasteiger partial charge in [-0.25, -0.2) is 4.72 Å². The molecule has 0 amide bonds. The van der Waals surface area contributed by atoms with Crippen molar-refractivity contribution in [1.82, 2.24) is 9.03 Å². The van der Waals surface area contributed by atoms with Crippen molar-refractivity contribution in [3.63, 3.8) is 0 Å². The highest BCUT2D eigenvalue weighted by Crippen LogP contribution is 2.31. The zero-order valence-electron chi connectivity index (χ0n) is 8.73. The lowest BCUT2D eigenvalue weighted by molar-refractivity contribution is 0.465. The highest BCUT2D eigenvalue weighted by atomic mass is 32.2. The molecule has 1 unspecified atom stereocenters. The molecule has 1 aliphatic rings. The van der Waals surface area contributed by atoms with Crippen LogP contribution in [-0.4, -0.2) is 38.9 Å². The van der Waals surface area contributed by atoms with Crippen LogP contribution in [0.3, 0.4) is 0 Å². The topological polar surface area (TPSA) is 75.4 Å². The van der Waals surface area contributed by atoms with Crippen LogP contribution in [-0.2, 0) is 10.2 Å². The summed E-state index contributed by atoms with van der Waals surface area (Å²) in [5.41, 5.74) is 5.78. The summed E-state index contributed by atoms with van der Waals surface area (Å²) < 4.78 is 26.7. The fourth-order valence-corrected chi connectivity index (χ4v) is 2.14. The van der Waals surface area contributed by atoms with Crippen molar-refractivity contribution < 1.29 is 8.42 Å². The van der Waals surface area contributed by atoms with E-state index in [4.69, 9.17) is 5.73 Å². The largest absolute Gasteiger partial charge is 0.326 e. The van der Waals surface area contributed by atoms with Crippen molar-refractivity contribution in [2.45, 2.75) is 25.8 Å². The van der Waals surface area contributed by atoms with Gasteiger partial charge in [-0.05, 0) is 18.8 Å². The Kier molecular flexibility index (Phi) is 3.88. The normalized spacial score (nSPS) is 20.0. The second-order valence-electron chi connectivity index (χ2n) is 3.77. The van der Waals surface area contributed by atoms with Gasteiger partial charge in [-0.2, -0.15) is 12.7 Å². The first-order chi connectivity index (χ1) is 6.47. The number of nitrogens with one attached hydrogen (secondary N) is 1. The van der Waals surface area contributed by atoms with E-state index in [0.29, 0.717) is 19.0 Å². The van der Waals surface area contributed by atoms with Crippen LogP contribution in [0.25, 0.3) is 0 Å². The van der Waals surface area contributed by atoms with Crippen LogP contribution in [0, 0.1) is 5.92 Å². The van der Waals surface area contributed by atoms with Gasteiger partial charge >= 0.3 is 0 Å². The molecule has 0 heterocycles. The van der Waals surface area contributed by atoms with E-state index in [1.165, 1.54) is 4.31 Å². The molecule has 0 spiro atoms. The Hall–Kier alpha value is -0.170. The summed E-state index contributed by atoms with van der Waals surface area (Å²) in [4.78, 5) is 0. The third kappa shape index (κ3) is 3.20. The molecule has 1 saturated carbocycles. The predicted molar refractivity (Wildman–Crippen MR) is 55.9 cm³/mol. The Morgan fingerprint density at radius 1 is 1.57 bits per heavy atom. The van der Waals surface area contributed by atoms with Gasteiger partial charge in [0, 0.05) is 26.2 Å². The molecule has 0 aliphatic heterocycles. The summed E-state index contributed by atoms with van der Waals surface area (Å²) in [6.07, 6.45) is 2.26. The van der Waals surface area contributed by atoms with E-state index >= 15 is 0 Å². The summed E-state index contributed by atoms with van der Waals surface area (Å²) in [5, 5.41) is 0. The van der Waals surface area contributed by atoms with Gasteiger partial charge in [-0.15, -0.1) is 0 Å². The van der Waals surface area contributed by atoms with Crippen molar-refractivity contribution in [2.24, 2.45) is 11.7 Å². The Bertz CT molecular complexity index is 274. The molecule has 14 heavy (non-hydrogen) atoms. The molecular formula is C8H19N3O2S. The zero-order chi connectivity index (χ0) is 10.8. The van der Waals surface area contributed by atoms with Gasteiger partial charge < -0.3 is 5.73 Å². The molecule has 0 aromatic carbocycles. The first kappa shape index (κ1) is 11.9. The number of hydrogen-bond donors (Lipinski definition) is 2. The first-order valence-electron chi connectivity index (χ1n) is 4.94. The van der Waals surface area contributed by atoms with Crippen molar-refractivity contribution in [2.75, 3.05) is 20.1 Å². The molecule has 0 radical (unpaired) electrons. The molecule has 1 rings (SSSR count). The van der Waals surface area contributed by atoms with Crippen molar-refractivity contribution >= 4 is 10.2 Å². The van der Waals surface area contributed by atoms with Gasteiger partial charge in [-0.3, -0.25) is 0 Å². The molecule has 1 fully saturated rings. The summed E-state index contributed by atoms with van der Waals surface area (Å²) in [7, 11) is -1.76. The number of rotatable bonds is 6. The summed E-state index contributed by atoms with van der Waals surface area (Å²) in [5.74, 6) is 0.518. The van der Waals surface area contributed by atoms with Crippen molar-refractivity contribution in [3.8, 4) is 0 Å². The van der Waals surface area contributed by atoms with Gasteiger partial charge in [0.2, 0.25) is 0 Å². The minimum atomic E-state index is -3.31. The summed E-state index contributed by atoms with van der Waals surface area (Å²) in [6.45, 7) is 2.60. The SMILES string of the molecule is CCN(C)S(=O)(=O)NCC(N)C1CC1. The van der Waals surface area contributed by atoms with Crippen LogP contribution in [0.4, 0.5) is 0 Å². The average molecular weight is 221 g/mol. The van der Waals surface area contributed by atoms with Crippen LogP contribution in [0.2, 0.25) is 0 Å². The van der Waals surface area contributed by atoms with Gasteiger partial charge in [-0.1, -0.05) is 6.92 Å². The van der Waals surface area contributed by atoms with Crippen molar-refractivity contribution in [1.29, 1.82) is 0 Å². The fourth-order valence-electron chi connectivity index (χ4n) is 1.17. The molecule has 0 saturated heterocycles. The monoisotopic (exact) mass is 221 g/mol. The quantitative estimate of drug-likeness (QED) is 0.635. The van der Waals surface area contributed by atoms with Crippen LogP contribution >= 0.6 is 0 Å². The smallest absolute Gasteiger partial charge is 0.279 e. The predicted octanol–water partition coefficient (Wildman–Crippen LogP) is -0.490. The van der Waals surface area contributed by atoms with E-state index in [2.05, 4.69) is 4.72 Å². The molecule has 84 valence electrons. The molecular weight excluding hydrogens is 202 g/mol. The maximum Gasteiger partial charge on any atom is 0.279 e. The van der Waals surface area contributed by atoms with Crippen LogP contribution in [0.15, 0.2) is 0 Å². The van der Waals surface area contributed by atoms with E-state index in [1.54, 1.807) is 14.0 Å². The van der Waals surface area contributed by atoms with Gasteiger partial charge in [0.1, 0.15) is 0 Å². The van der Waals surface area contributed by atoms with E-state index in [1.807, 2.05) is 0 Å². The lowest BCUT2D eigenvalue weighted by Crippen LogP contribution is -2.44. The van der Waals surface area contributed by atoms with Gasteiger partial charge in [0.15, 0.2) is 0 Å². The average Bonchev–Trinajstić information content (AvgIpc) is 2.96. The van der Waals surface area contributed by atoms with E-state index in [0.717, 1.165) is 12.8 Å². The Labute approximate surface area is 85.8 Å².